The largest absolute Gasteiger partial charge is 0.419 e. The van der Waals surface area contributed by atoms with Gasteiger partial charge in [-0.05, 0) is 42.4 Å². The lowest BCUT2D eigenvalue weighted by Gasteiger charge is -2.39. The zero-order valence-corrected chi connectivity index (χ0v) is 24.2. The number of rotatable bonds is 8. The molecule has 0 bridgehead atoms. The van der Waals surface area contributed by atoms with Crippen LogP contribution in [0.2, 0.25) is 10.0 Å². The van der Waals surface area contributed by atoms with Gasteiger partial charge in [0.15, 0.2) is 6.29 Å². The molecule has 4 rings (SSSR count). The van der Waals surface area contributed by atoms with Crippen LogP contribution >= 0.6 is 23.2 Å². The Bertz CT molecular complexity index is 1340. The zero-order chi connectivity index (χ0) is 29.4. The van der Waals surface area contributed by atoms with Crippen molar-refractivity contribution in [1.29, 1.82) is 0 Å². The number of likely N-dealkylation sites (N-methyl/N-ethyl adjacent to an activating group) is 1. The topological polar surface area (TPSA) is 64.2 Å². The van der Waals surface area contributed by atoms with Crippen LogP contribution in [0.3, 0.4) is 0 Å². The van der Waals surface area contributed by atoms with Crippen molar-refractivity contribution in [2.75, 3.05) is 52.6 Å². The Hall–Kier alpha value is -1.80. The van der Waals surface area contributed by atoms with E-state index in [4.69, 9.17) is 23.2 Å². The lowest BCUT2D eigenvalue weighted by molar-refractivity contribution is -0.140. The van der Waals surface area contributed by atoms with Gasteiger partial charge in [0.2, 0.25) is 10.0 Å². The molecule has 1 unspecified atom stereocenters. The highest BCUT2D eigenvalue weighted by Gasteiger charge is 2.42. The number of benzene rings is 2. The first-order chi connectivity index (χ1) is 18.7. The summed E-state index contributed by atoms with van der Waals surface area (Å²) in [4.78, 5) is 18.2. The summed E-state index contributed by atoms with van der Waals surface area (Å²) in [6, 6.07) is 8.00. The van der Waals surface area contributed by atoms with Crippen molar-refractivity contribution >= 4 is 39.5 Å². The molecule has 2 saturated heterocycles. The van der Waals surface area contributed by atoms with Crippen molar-refractivity contribution < 1.29 is 30.8 Å². The van der Waals surface area contributed by atoms with Gasteiger partial charge in [-0.2, -0.15) is 17.5 Å². The third kappa shape index (κ3) is 6.97. The van der Waals surface area contributed by atoms with Gasteiger partial charge in [0.05, 0.1) is 21.9 Å². The van der Waals surface area contributed by atoms with Crippen molar-refractivity contribution in [3.05, 3.63) is 69.0 Å². The average molecular weight is 626 g/mol. The first kappa shape index (κ1) is 31.1. The second-order valence-corrected chi connectivity index (χ2v) is 13.1. The Balaban J connectivity index is 1.57. The molecule has 0 aromatic heterocycles. The molecule has 2 aromatic carbocycles. The minimum atomic E-state index is -4.78. The molecule has 0 radical (unpaired) electrons. The van der Waals surface area contributed by atoms with Crippen LogP contribution in [0.1, 0.15) is 22.6 Å². The molecule has 3 atom stereocenters. The van der Waals surface area contributed by atoms with Crippen LogP contribution in [-0.4, -0.2) is 98.5 Å². The summed E-state index contributed by atoms with van der Waals surface area (Å²) in [7, 11) is -1.53. The fraction of sp³-hybridized carbons (Fsp3) is 0.500. The van der Waals surface area contributed by atoms with E-state index in [1.54, 1.807) is 19.2 Å². The summed E-state index contributed by atoms with van der Waals surface area (Å²) in [6.07, 6.45) is -3.38. The second kappa shape index (κ2) is 12.2. The molecule has 0 spiro atoms. The fourth-order valence-electron chi connectivity index (χ4n) is 5.54. The second-order valence-electron chi connectivity index (χ2n) is 10.3. The highest BCUT2D eigenvalue weighted by molar-refractivity contribution is 7.88. The molecule has 0 saturated carbocycles. The monoisotopic (exact) mass is 624 g/mol. The summed E-state index contributed by atoms with van der Waals surface area (Å²) in [6.45, 7) is 2.38. The Labute approximate surface area is 241 Å². The van der Waals surface area contributed by atoms with Crippen LogP contribution in [-0.2, 0) is 27.5 Å². The van der Waals surface area contributed by atoms with E-state index < -0.39 is 33.7 Å². The molecule has 40 heavy (non-hydrogen) atoms. The first-order valence-corrected chi connectivity index (χ1v) is 15.2. The smallest absolute Gasteiger partial charge is 0.300 e. The molecule has 2 fully saturated rings. The molecule has 0 N–H and O–H groups in total. The van der Waals surface area contributed by atoms with Gasteiger partial charge in [-0.25, -0.2) is 12.8 Å². The lowest BCUT2D eigenvalue weighted by atomic mass is 9.93. The number of sulfonamides is 1. The number of carbonyl (C=O) groups is 1. The summed E-state index contributed by atoms with van der Waals surface area (Å²) in [5, 5.41) is 0.757. The van der Waals surface area contributed by atoms with Gasteiger partial charge >= 0.3 is 6.18 Å². The van der Waals surface area contributed by atoms with Gasteiger partial charge in [-0.3, -0.25) is 14.7 Å². The molecule has 2 aromatic rings. The van der Waals surface area contributed by atoms with E-state index >= 15 is 0 Å². The predicted molar refractivity (Wildman–Crippen MR) is 145 cm³/mol. The molecule has 220 valence electrons. The van der Waals surface area contributed by atoms with Gasteiger partial charge in [0.1, 0.15) is 12.0 Å². The maximum atomic E-state index is 14.3. The maximum absolute atomic E-state index is 14.3. The van der Waals surface area contributed by atoms with Gasteiger partial charge in [0.25, 0.3) is 0 Å². The van der Waals surface area contributed by atoms with Crippen LogP contribution in [0.5, 0.6) is 0 Å². The van der Waals surface area contributed by atoms with Gasteiger partial charge in [0, 0.05) is 57.8 Å². The number of hydrogen-bond acceptors (Lipinski definition) is 6. The van der Waals surface area contributed by atoms with E-state index in [0.717, 1.165) is 30.2 Å². The molecule has 2 heterocycles. The molecular formula is C26H30Cl2F4N4O3S. The van der Waals surface area contributed by atoms with Crippen LogP contribution in [0, 0.1) is 5.82 Å². The Kier molecular flexibility index (Phi) is 9.50. The van der Waals surface area contributed by atoms with Crippen molar-refractivity contribution in [1.82, 2.24) is 19.0 Å². The highest BCUT2D eigenvalue weighted by Crippen LogP contribution is 2.36. The quantitative estimate of drug-likeness (QED) is 0.325. The number of piperazine rings is 1. The van der Waals surface area contributed by atoms with Crippen LogP contribution in [0.25, 0.3) is 0 Å². The number of nitrogens with zero attached hydrogens (tertiary/aromatic N) is 4. The number of hydrogen-bond donors (Lipinski definition) is 0. The standard InChI is InChI=1S/C26H30Cl2F4N4O3S/c1-33(13-17-3-5-20(23(29)11-17)26(30,31)32)24-15-35(14-19(24)18-4-6-21(27)22(28)12-18)25(16-37)34-7-9-36(10-8-34)40(2,38)39/h3-6,11-12,16,19,24-25H,7-10,13-15H2,1-2H3/t19-,24-,25?/m1/s1. The number of likely N-dealkylation sites (tertiary alicyclic amines) is 1. The van der Waals surface area contributed by atoms with E-state index in [1.165, 1.54) is 10.4 Å². The van der Waals surface area contributed by atoms with Gasteiger partial charge in [-0.1, -0.05) is 35.3 Å². The summed E-state index contributed by atoms with van der Waals surface area (Å²) in [5.74, 6) is -1.49. The van der Waals surface area contributed by atoms with Crippen LogP contribution in [0.15, 0.2) is 36.4 Å². The van der Waals surface area contributed by atoms with Gasteiger partial charge < -0.3 is 4.79 Å². The Morgan fingerprint density at radius 1 is 1.02 bits per heavy atom. The van der Waals surface area contributed by atoms with Crippen molar-refractivity contribution in [2.45, 2.75) is 30.8 Å². The normalized spacial score (nSPS) is 22.6. The number of halogens is 6. The maximum Gasteiger partial charge on any atom is 0.419 e. The highest BCUT2D eigenvalue weighted by atomic mass is 35.5. The van der Waals surface area contributed by atoms with E-state index in [9.17, 15) is 30.8 Å². The fourth-order valence-corrected chi connectivity index (χ4v) is 6.68. The van der Waals surface area contributed by atoms with Crippen LogP contribution < -0.4 is 0 Å². The third-order valence-electron chi connectivity index (χ3n) is 7.64. The van der Waals surface area contributed by atoms with Crippen LogP contribution in [0.4, 0.5) is 17.6 Å². The summed E-state index contributed by atoms with van der Waals surface area (Å²) < 4.78 is 78.6. The molecule has 2 aliphatic rings. The van der Waals surface area contributed by atoms with E-state index in [2.05, 4.69) is 0 Å². The Morgan fingerprint density at radius 3 is 2.25 bits per heavy atom. The Morgan fingerprint density at radius 2 is 1.70 bits per heavy atom. The number of carbonyl (C=O) groups excluding carboxylic acids is 1. The third-order valence-corrected chi connectivity index (χ3v) is 9.68. The average Bonchev–Trinajstić information content (AvgIpc) is 3.30. The van der Waals surface area contributed by atoms with E-state index in [1.807, 2.05) is 20.8 Å². The lowest BCUT2D eigenvalue weighted by Crippen LogP contribution is -2.57. The van der Waals surface area contributed by atoms with E-state index in [0.29, 0.717) is 41.8 Å². The van der Waals surface area contributed by atoms with Gasteiger partial charge in [-0.15, -0.1) is 0 Å². The summed E-state index contributed by atoms with van der Waals surface area (Å²) in [5.41, 5.74) is -0.0634. The molecule has 0 aliphatic carbocycles. The zero-order valence-electron chi connectivity index (χ0n) is 21.9. The van der Waals surface area contributed by atoms with Crippen molar-refractivity contribution in [2.24, 2.45) is 0 Å². The number of alkyl halides is 3. The van der Waals surface area contributed by atoms with E-state index in [-0.39, 0.29) is 31.6 Å². The molecular weight excluding hydrogens is 595 g/mol. The SMILES string of the molecule is CN(Cc1ccc(C(F)(F)F)c(F)c1)[C@@H]1CN(C(C=O)N2CCN(S(C)(=O)=O)CC2)C[C@@H]1c1ccc(Cl)c(Cl)c1. The number of aldehydes is 1. The van der Waals surface area contributed by atoms with Crippen molar-refractivity contribution in [3.63, 3.8) is 0 Å². The molecule has 7 nitrogen and oxygen atoms in total. The van der Waals surface area contributed by atoms with Crippen molar-refractivity contribution in [3.8, 4) is 0 Å². The predicted octanol–water partition coefficient (Wildman–Crippen LogP) is 4.15. The minimum absolute atomic E-state index is 0.154. The molecule has 14 heteroatoms. The first-order valence-electron chi connectivity index (χ1n) is 12.6. The molecule has 2 aliphatic heterocycles. The molecule has 0 amide bonds. The summed E-state index contributed by atoms with van der Waals surface area (Å²) >= 11 is 12.4. The minimum Gasteiger partial charge on any atom is -0.300 e.